The van der Waals surface area contributed by atoms with Gasteiger partial charge in [-0.25, -0.2) is 9.38 Å². The number of anilines is 1. The fourth-order valence-electron chi connectivity index (χ4n) is 3.72. The Morgan fingerprint density at radius 2 is 2.00 bits per heavy atom. The average Bonchev–Trinajstić information content (AvgIpc) is 2.82. The molecule has 174 valence electrons. The molecule has 0 radical (unpaired) electrons. The fraction of sp³-hybridized carbons (Fsp3) is 0.458. The molecule has 1 aliphatic heterocycles. The summed E-state index contributed by atoms with van der Waals surface area (Å²) in [6, 6.07) is 12.8. The smallest absolute Gasteiger partial charge is 0.191 e. The van der Waals surface area contributed by atoms with Crippen molar-refractivity contribution in [3.63, 3.8) is 0 Å². The molecule has 0 aromatic heterocycles. The van der Waals surface area contributed by atoms with Crippen molar-refractivity contribution >= 4 is 11.6 Å². The van der Waals surface area contributed by atoms with E-state index < -0.39 is 0 Å². The highest BCUT2D eigenvalue weighted by Crippen LogP contribution is 2.28. The SMILES string of the molecule is CCNC(=NCc1ccc(OCCO)c(OC)c1)NC1CCN(c2cccc(F)c2)CC1. The van der Waals surface area contributed by atoms with Crippen LogP contribution in [0.1, 0.15) is 25.3 Å². The quantitative estimate of drug-likeness (QED) is 0.408. The first-order valence-corrected chi connectivity index (χ1v) is 11.1. The van der Waals surface area contributed by atoms with Crippen molar-refractivity contribution < 1.29 is 19.0 Å². The summed E-state index contributed by atoms with van der Waals surface area (Å²) in [6.45, 7) is 5.22. The molecule has 2 aromatic carbocycles. The van der Waals surface area contributed by atoms with E-state index in [1.807, 2.05) is 31.2 Å². The van der Waals surface area contributed by atoms with E-state index >= 15 is 0 Å². The molecule has 0 aliphatic carbocycles. The highest BCUT2D eigenvalue weighted by molar-refractivity contribution is 5.80. The molecule has 0 atom stereocenters. The van der Waals surface area contributed by atoms with Crippen LogP contribution in [0.3, 0.4) is 0 Å². The van der Waals surface area contributed by atoms with Crippen LogP contribution in [0.25, 0.3) is 0 Å². The number of guanidine groups is 1. The van der Waals surface area contributed by atoms with E-state index in [4.69, 9.17) is 19.6 Å². The predicted molar refractivity (Wildman–Crippen MR) is 125 cm³/mol. The van der Waals surface area contributed by atoms with E-state index in [9.17, 15) is 4.39 Å². The summed E-state index contributed by atoms with van der Waals surface area (Å²) < 4.78 is 24.4. The normalized spacial score (nSPS) is 14.9. The molecule has 0 spiro atoms. The lowest BCUT2D eigenvalue weighted by Gasteiger charge is -2.34. The van der Waals surface area contributed by atoms with Crippen molar-refractivity contribution in [1.82, 2.24) is 10.6 Å². The lowest BCUT2D eigenvalue weighted by Crippen LogP contribution is -2.48. The summed E-state index contributed by atoms with van der Waals surface area (Å²) in [5, 5.41) is 15.8. The third kappa shape index (κ3) is 6.75. The molecular formula is C24H33FN4O3. The number of methoxy groups -OCH3 is 1. The maximum atomic E-state index is 13.5. The first-order valence-electron chi connectivity index (χ1n) is 11.1. The van der Waals surface area contributed by atoms with Crippen LogP contribution < -0.4 is 25.0 Å². The number of aliphatic hydroxyl groups is 1. The summed E-state index contributed by atoms with van der Waals surface area (Å²) in [5.74, 6) is 1.79. The van der Waals surface area contributed by atoms with Crippen molar-refractivity contribution in [2.75, 3.05) is 44.9 Å². The molecule has 2 aromatic rings. The molecule has 32 heavy (non-hydrogen) atoms. The summed E-state index contributed by atoms with van der Waals surface area (Å²) in [6.07, 6.45) is 1.90. The van der Waals surface area contributed by atoms with Crippen LogP contribution in [0.2, 0.25) is 0 Å². The fourth-order valence-corrected chi connectivity index (χ4v) is 3.72. The van der Waals surface area contributed by atoms with E-state index in [0.29, 0.717) is 24.1 Å². The van der Waals surface area contributed by atoms with Crippen LogP contribution in [-0.4, -0.2) is 57.1 Å². The Bertz CT molecular complexity index is 885. The minimum absolute atomic E-state index is 0.0475. The average molecular weight is 445 g/mol. The zero-order valence-corrected chi connectivity index (χ0v) is 18.8. The van der Waals surface area contributed by atoms with Gasteiger partial charge in [-0.05, 0) is 55.7 Å². The van der Waals surface area contributed by atoms with Gasteiger partial charge in [0, 0.05) is 31.4 Å². The number of nitrogens with zero attached hydrogens (tertiary/aromatic N) is 2. The largest absolute Gasteiger partial charge is 0.493 e. The standard InChI is InChI=1S/C24H33FN4O3/c1-3-26-24(27-17-18-7-8-22(32-14-13-30)23(15-18)31-2)28-20-9-11-29(12-10-20)21-6-4-5-19(25)16-21/h4-8,15-16,20,30H,3,9-14,17H2,1-2H3,(H2,26,27,28). The van der Waals surface area contributed by atoms with Gasteiger partial charge in [0.25, 0.3) is 0 Å². The van der Waals surface area contributed by atoms with E-state index in [0.717, 1.165) is 49.7 Å². The van der Waals surface area contributed by atoms with Crippen molar-refractivity contribution in [3.8, 4) is 11.5 Å². The molecule has 8 heteroatoms. The topological polar surface area (TPSA) is 78.4 Å². The first-order chi connectivity index (χ1) is 15.6. The van der Waals surface area contributed by atoms with Crippen LogP contribution in [0.5, 0.6) is 11.5 Å². The van der Waals surface area contributed by atoms with Gasteiger partial charge in [0.1, 0.15) is 12.4 Å². The van der Waals surface area contributed by atoms with Crippen LogP contribution in [-0.2, 0) is 6.54 Å². The maximum absolute atomic E-state index is 13.5. The Balaban J connectivity index is 1.57. The van der Waals surface area contributed by atoms with Crippen molar-refractivity contribution in [2.24, 2.45) is 4.99 Å². The number of piperidine rings is 1. The summed E-state index contributed by atoms with van der Waals surface area (Å²) >= 11 is 0. The first kappa shape index (κ1) is 23.7. The zero-order valence-electron chi connectivity index (χ0n) is 18.8. The van der Waals surface area contributed by atoms with Crippen molar-refractivity contribution in [2.45, 2.75) is 32.4 Å². The minimum atomic E-state index is -0.200. The summed E-state index contributed by atoms with van der Waals surface area (Å²) in [5.41, 5.74) is 1.93. The van der Waals surface area contributed by atoms with Gasteiger partial charge < -0.3 is 30.1 Å². The molecule has 0 unspecified atom stereocenters. The second kappa shape index (κ2) is 12.1. The molecule has 1 heterocycles. The van der Waals surface area contributed by atoms with Crippen LogP contribution in [0, 0.1) is 5.82 Å². The van der Waals surface area contributed by atoms with Gasteiger partial charge in [0.15, 0.2) is 17.5 Å². The Morgan fingerprint density at radius 3 is 2.69 bits per heavy atom. The van der Waals surface area contributed by atoms with Gasteiger partial charge >= 0.3 is 0 Å². The van der Waals surface area contributed by atoms with Gasteiger partial charge in [0.05, 0.1) is 20.3 Å². The molecular weight excluding hydrogens is 411 g/mol. The third-order valence-corrected chi connectivity index (χ3v) is 5.35. The number of aliphatic imine (C=N–C) groups is 1. The van der Waals surface area contributed by atoms with Gasteiger partial charge in [-0.15, -0.1) is 0 Å². The number of halogens is 1. The molecule has 0 amide bonds. The molecule has 0 bridgehead atoms. The number of benzene rings is 2. The van der Waals surface area contributed by atoms with Gasteiger partial charge in [0.2, 0.25) is 0 Å². The van der Waals surface area contributed by atoms with Crippen molar-refractivity contribution in [3.05, 3.63) is 53.8 Å². The van der Waals surface area contributed by atoms with Crippen LogP contribution in [0.4, 0.5) is 10.1 Å². The lowest BCUT2D eigenvalue weighted by molar-refractivity contribution is 0.196. The Morgan fingerprint density at radius 1 is 1.19 bits per heavy atom. The monoisotopic (exact) mass is 444 g/mol. The molecule has 3 N–H and O–H groups in total. The maximum Gasteiger partial charge on any atom is 0.191 e. The highest BCUT2D eigenvalue weighted by atomic mass is 19.1. The van der Waals surface area contributed by atoms with E-state index in [1.54, 1.807) is 19.2 Å². The summed E-state index contributed by atoms with van der Waals surface area (Å²) in [7, 11) is 1.59. The number of aliphatic hydroxyl groups excluding tert-OH is 1. The van der Waals surface area contributed by atoms with Gasteiger partial charge in [-0.1, -0.05) is 12.1 Å². The predicted octanol–water partition coefficient (Wildman–Crippen LogP) is 2.93. The zero-order chi connectivity index (χ0) is 22.8. The molecule has 1 saturated heterocycles. The summed E-state index contributed by atoms with van der Waals surface area (Å²) in [4.78, 5) is 6.95. The Hall–Kier alpha value is -3.00. The highest BCUT2D eigenvalue weighted by Gasteiger charge is 2.20. The van der Waals surface area contributed by atoms with Crippen LogP contribution >= 0.6 is 0 Å². The van der Waals surface area contributed by atoms with Gasteiger partial charge in [-0.2, -0.15) is 0 Å². The number of rotatable bonds is 9. The van der Waals surface area contributed by atoms with E-state index in [1.165, 1.54) is 6.07 Å². The Kier molecular flexibility index (Phi) is 8.98. The number of ether oxygens (including phenoxy) is 2. The molecule has 1 aliphatic rings. The lowest BCUT2D eigenvalue weighted by atomic mass is 10.0. The second-order valence-corrected chi connectivity index (χ2v) is 7.64. The molecule has 0 saturated carbocycles. The third-order valence-electron chi connectivity index (χ3n) is 5.35. The van der Waals surface area contributed by atoms with Crippen LogP contribution in [0.15, 0.2) is 47.5 Å². The number of nitrogens with one attached hydrogen (secondary N) is 2. The van der Waals surface area contributed by atoms with E-state index in [-0.39, 0.29) is 19.0 Å². The Labute approximate surface area is 189 Å². The molecule has 1 fully saturated rings. The minimum Gasteiger partial charge on any atom is -0.493 e. The van der Waals surface area contributed by atoms with E-state index in [2.05, 4.69) is 15.5 Å². The second-order valence-electron chi connectivity index (χ2n) is 7.64. The number of hydrogen-bond donors (Lipinski definition) is 3. The van der Waals surface area contributed by atoms with Gasteiger partial charge in [-0.3, -0.25) is 0 Å². The molecule has 7 nitrogen and oxygen atoms in total. The number of hydrogen-bond acceptors (Lipinski definition) is 5. The molecule has 3 rings (SSSR count). The van der Waals surface area contributed by atoms with Crippen molar-refractivity contribution in [1.29, 1.82) is 0 Å².